The van der Waals surface area contributed by atoms with Gasteiger partial charge in [0.1, 0.15) is 6.04 Å². The van der Waals surface area contributed by atoms with Gasteiger partial charge in [0.25, 0.3) is 11.8 Å². The minimum absolute atomic E-state index is 0.0535. The summed E-state index contributed by atoms with van der Waals surface area (Å²) in [6.07, 6.45) is 0.325. The number of halogens is 2. The van der Waals surface area contributed by atoms with Crippen molar-refractivity contribution < 1.29 is 19.2 Å². The average molecular weight is 504 g/mol. The van der Waals surface area contributed by atoms with Crippen molar-refractivity contribution in [2.24, 2.45) is 0 Å². The zero-order valence-corrected chi connectivity index (χ0v) is 20.8. The van der Waals surface area contributed by atoms with Crippen LogP contribution in [0.25, 0.3) is 0 Å². The van der Waals surface area contributed by atoms with Gasteiger partial charge in [-0.3, -0.25) is 24.1 Å². The van der Waals surface area contributed by atoms with Crippen LogP contribution in [0.1, 0.15) is 59.9 Å². The topological polar surface area (TPSA) is 86.8 Å². The molecule has 2 aromatic carbocycles. The van der Waals surface area contributed by atoms with Crippen molar-refractivity contribution >= 4 is 46.8 Å². The van der Waals surface area contributed by atoms with Gasteiger partial charge in [-0.2, -0.15) is 0 Å². The molecule has 0 spiro atoms. The fourth-order valence-electron chi connectivity index (χ4n) is 3.80. The highest BCUT2D eigenvalue weighted by molar-refractivity contribution is 6.35. The first-order valence-corrected chi connectivity index (χ1v) is 11.8. The Labute approximate surface area is 209 Å². The van der Waals surface area contributed by atoms with Crippen LogP contribution < -0.4 is 5.32 Å². The molecule has 4 amide bonds. The Morgan fingerprint density at radius 3 is 2.18 bits per heavy atom. The van der Waals surface area contributed by atoms with Crippen LogP contribution in [0.4, 0.5) is 0 Å². The van der Waals surface area contributed by atoms with Gasteiger partial charge in [-0.05, 0) is 57.0 Å². The molecule has 0 aliphatic carbocycles. The van der Waals surface area contributed by atoms with E-state index in [0.717, 1.165) is 4.90 Å². The number of nitrogens with one attached hydrogen (secondary N) is 1. The molecule has 0 fully saturated rings. The molecule has 1 heterocycles. The summed E-state index contributed by atoms with van der Waals surface area (Å²) in [4.78, 5) is 53.6. The third-order valence-corrected chi connectivity index (χ3v) is 6.19. The van der Waals surface area contributed by atoms with Gasteiger partial charge in [0.2, 0.25) is 11.8 Å². The molecule has 180 valence electrons. The molecule has 1 aliphatic heterocycles. The number of hydrogen-bond donors (Lipinski definition) is 1. The monoisotopic (exact) mass is 503 g/mol. The van der Waals surface area contributed by atoms with Crippen LogP contribution in [-0.2, 0) is 16.1 Å². The highest BCUT2D eigenvalue weighted by atomic mass is 35.5. The predicted molar refractivity (Wildman–Crippen MR) is 131 cm³/mol. The molecule has 1 unspecified atom stereocenters. The third kappa shape index (κ3) is 5.77. The summed E-state index contributed by atoms with van der Waals surface area (Å²) in [7, 11) is 0. The first-order chi connectivity index (χ1) is 16.1. The zero-order valence-electron chi connectivity index (χ0n) is 19.3. The lowest BCUT2D eigenvalue weighted by Gasteiger charge is -2.30. The maximum absolute atomic E-state index is 13.2. The predicted octanol–water partition coefficient (Wildman–Crippen LogP) is 4.31. The van der Waals surface area contributed by atoms with Gasteiger partial charge in [0.05, 0.1) is 11.1 Å². The van der Waals surface area contributed by atoms with Gasteiger partial charge in [-0.1, -0.05) is 41.4 Å². The molecule has 3 rings (SSSR count). The van der Waals surface area contributed by atoms with E-state index in [0.29, 0.717) is 26.7 Å². The minimum Gasteiger partial charge on any atom is -0.352 e. The molecule has 0 saturated carbocycles. The number of benzene rings is 2. The van der Waals surface area contributed by atoms with Crippen molar-refractivity contribution in [2.45, 2.75) is 52.2 Å². The van der Waals surface area contributed by atoms with Gasteiger partial charge in [0.15, 0.2) is 0 Å². The van der Waals surface area contributed by atoms with Crippen molar-refractivity contribution in [1.82, 2.24) is 15.1 Å². The number of carbonyl (C=O) groups is 4. The Hall–Kier alpha value is -2.90. The van der Waals surface area contributed by atoms with Crippen molar-refractivity contribution in [3.8, 4) is 0 Å². The van der Waals surface area contributed by atoms with E-state index < -0.39 is 6.04 Å². The quantitative estimate of drug-likeness (QED) is 0.516. The number of carbonyl (C=O) groups excluding carboxylic acids is 4. The second-order valence-electron chi connectivity index (χ2n) is 8.51. The van der Waals surface area contributed by atoms with Crippen LogP contribution in [0, 0.1) is 0 Å². The Bertz CT molecular complexity index is 1080. The molecular weight excluding hydrogens is 477 g/mol. The Morgan fingerprint density at radius 1 is 1.00 bits per heavy atom. The van der Waals surface area contributed by atoms with E-state index in [4.69, 9.17) is 23.2 Å². The molecular formula is C25H27Cl2N3O4. The van der Waals surface area contributed by atoms with Gasteiger partial charge in [-0.15, -0.1) is 0 Å². The summed E-state index contributed by atoms with van der Waals surface area (Å²) in [5, 5.41) is 3.69. The first kappa shape index (κ1) is 25.7. The lowest BCUT2D eigenvalue weighted by atomic mass is 10.1. The van der Waals surface area contributed by atoms with Crippen LogP contribution in [0.3, 0.4) is 0 Å². The molecule has 2 aromatic rings. The summed E-state index contributed by atoms with van der Waals surface area (Å²) < 4.78 is 0. The first-order valence-electron chi connectivity index (χ1n) is 11.1. The molecule has 7 nitrogen and oxygen atoms in total. The lowest BCUT2D eigenvalue weighted by Crippen LogP contribution is -2.49. The van der Waals surface area contributed by atoms with Gasteiger partial charge < -0.3 is 10.2 Å². The average Bonchev–Trinajstić information content (AvgIpc) is 3.02. The highest BCUT2D eigenvalue weighted by Crippen LogP contribution is 2.25. The molecule has 0 saturated heterocycles. The summed E-state index contributed by atoms with van der Waals surface area (Å²) in [6.45, 7) is 5.57. The van der Waals surface area contributed by atoms with Gasteiger partial charge >= 0.3 is 0 Å². The largest absolute Gasteiger partial charge is 0.352 e. The van der Waals surface area contributed by atoms with Gasteiger partial charge in [0, 0.05) is 35.6 Å². The number of hydrogen-bond acceptors (Lipinski definition) is 4. The van der Waals surface area contributed by atoms with Crippen molar-refractivity contribution in [3.63, 3.8) is 0 Å². The van der Waals surface area contributed by atoms with E-state index in [2.05, 4.69) is 5.32 Å². The second kappa shape index (κ2) is 11.0. The standard InChI is InChI=1S/C25H27Cl2N3O4/c1-15(2)28-23(32)16(3)30(14-17-10-11-18(26)13-21(17)27)22(31)9-6-12-29-24(33)19-7-4-5-8-20(19)25(29)34/h4-5,7-8,10-11,13,15-16H,6,9,12,14H2,1-3H3,(H,28,32). The van der Waals surface area contributed by atoms with Crippen LogP contribution in [-0.4, -0.2) is 52.1 Å². The smallest absolute Gasteiger partial charge is 0.261 e. The molecule has 0 aromatic heterocycles. The van der Waals surface area contributed by atoms with E-state index in [-0.39, 0.29) is 55.6 Å². The number of imide groups is 1. The SMILES string of the molecule is CC(C)NC(=O)C(C)N(Cc1ccc(Cl)cc1Cl)C(=O)CCCN1C(=O)c2ccccc2C1=O. The molecule has 34 heavy (non-hydrogen) atoms. The number of amides is 4. The minimum atomic E-state index is -0.749. The molecule has 0 radical (unpaired) electrons. The van der Waals surface area contributed by atoms with E-state index >= 15 is 0 Å². The zero-order chi connectivity index (χ0) is 25.0. The summed E-state index contributed by atoms with van der Waals surface area (Å²) in [6, 6.07) is 10.8. The Balaban J connectivity index is 1.70. The summed E-state index contributed by atoms with van der Waals surface area (Å²) in [5.74, 6) is -1.28. The van der Waals surface area contributed by atoms with E-state index in [1.165, 1.54) is 4.90 Å². The fraction of sp³-hybridized carbons (Fsp3) is 0.360. The van der Waals surface area contributed by atoms with E-state index in [1.807, 2.05) is 13.8 Å². The molecule has 0 bridgehead atoms. The van der Waals surface area contributed by atoms with Crippen molar-refractivity contribution in [2.75, 3.05) is 6.54 Å². The Kier molecular flexibility index (Phi) is 8.33. The lowest BCUT2D eigenvalue weighted by molar-refractivity contribution is -0.140. The number of rotatable bonds is 9. The Morgan fingerprint density at radius 2 is 1.62 bits per heavy atom. The van der Waals surface area contributed by atoms with Crippen LogP contribution in [0.15, 0.2) is 42.5 Å². The third-order valence-electron chi connectivity index (χ3n) is 5.60. The van der Waals surface area contributed by atoms with Crippen LogP contribution in [0.2, 0.25) is 10.0 Å². The van der Waals surface area contributed by atoms with Crippen LogP contribution in [0.5, 0.6) is 0 Å². The number of nitrogens with zero attached hydrogens (tertiary/aromatic N) is 2. The molecule has 9 heteroatoms. The van der Waals surface area contributed by atoms with E-state index in [1.54, 1.807) is 49.4 Å². The molecule has 1 atom stereocenters. The maximum atomic E-state index is 13.2. The maximum Gasteiger partial charge on any atom is 0.261 e. The van der Waals surface area contributed by atoms with E-state index in [9.17, 15) is 19.2 Å². The highest BCUT2D eigenvalue weighted by Gasteiger charge is 2.35. The summed E-state index contributed by atoms with van der Waals surface area (Å²) in [5.41, 5.74) is 1.40. The number of fused-ring (bicyclic) bond motifs is 1. The molecule has 1 N–H and O–H groups in total. The normalized spacial score (nSPS) is 13.8. The van der Waals surface area contributed by atoms with Crippen molar-refractivity contribution in [1.29, 1.82) is 0 Å². The fourth-order valence-corrected chi connectivity index (χ4v) is 4.26. The second-order valence-corrected chi connectivity index (χ2v) is 9.35. The molecule has 1 aliphatic rings. The summed E-state index contributed by atoms with van der Waals surface area (Å²) >= 11 is 12.3. The van der Waals surface area contributed by atoms with Crippen LogP contribution >= 0.6 is 23.2 Å². The van der Waals surface area contributed by atoms with Gasteiger partial charge in [-0.25, -0.2) is 0 Å². The van der Waals surface area contributed by atoms with Crippen molar-refractivity contribution in [3.05, 3.63) is 69.2 Å².